The van der Waals surface area contributed by atoms with Crippen LogP contribution in [0.5, 0.6) is 0 Å². The van der Waals surface area contributed by atoms with Crippen molar-refractivity contribution in [1.82, 2.24) is 17.4 Å². The number of hydrogen-bond donors (Lipinski definition) is 2. The van der Waals surface area contributed by atoms with E-state index in [1.54, 1.807) is 6.20 Å². The van der Waals surface area contributed by atoms with E-state index >= 15 is 0 Å². The molecule has 0 saturated carbocycles. The summed E-state index contributed by atoms with van der Waals surface area (Å²) in [6.45, 7) is 19.0. The highest BCUT2D eigenvalue weighted by molar-refractivity contribution is 8.06. The molecule has 0 bridgehead atoms. The molecule has 0 unspecified atom stereocenters. The van der Waals surface area contributed by atoms with Gasteiger partial charge in [0.25, 0.3) is 0 Å². The van der Waals surface area contributed by atoms with E-state index in [0.717, 1.165) is 13.1 Å². The van der Waals surface area contributed by atoms with Crippen LogP contribution < -0.4 is 17.4 Å². The number of sulfonamides is 4. The van der Waals surface area contributed by atoms with Crippen molar-refractivity contribution in [3.63, 3.8) is 0 Å². The molecule has 0 radical (unpaired) electrons. The Hall–Kier alpha value is -4.52. The van der Waals surface area contributed by atoms with Gasteiger partial charge in [0.15, 0.2) is 0 Å². The van der Waals surface area contributed by atoms with Gasteiger partial charge in [0, 0.05) is 0 Å². The second-order valence-corrected chi connectivity index (χ2v) is 22.5. The Bertz CT molecular complexity index is 2480. The molecule has 2 heterocycles. The van der Waals surface area contributed by atoms with Crippen molar-refractivity contribution in [2.75, 3.05) is 0 Å². The third-order valence-electron chi connectivity index (χ3n) is 7.77. The second-order valence-electron chi connectivity index (χ2n) is 15.3. The van der Waals surface area contributed by atoms with Crippen LogP contribution in [-0.2, 0) is 71.1 Å². The van der Waals surface area contributed by atoms with Gasteiger partial charge in [-0.1, -0.05) is 105 Å². The monoisotopic (exact) mass is 1030 g/mol. The molecule has 14 nitrogen and oxygen atoms in total. The zero-order valence-corrected chi connectivity index (χ0v) is 38.3. The quantitative estimate of drug-likeness (QED) is 0.142. The molecule has 4 rings (SSSR count). The maximum absolute atomic E-state index is 11.5. The number of aromatic nitrogens is 4. The summed E-state index contributed by atoms with van der Waals surface area (Å²) in [5.74, 6) is 0. The molecule has 0 aliphatic carbocycles. The fourth-order valence-electron chi connectivity index (χ4n) is 4.33. The average molecular weight is 1030 g/mol. The molecule has 0 aliphatic rings. The average Bonchev–Trinajstić information content (AvgIpc) is 3.74. The number of imidazole rings is 2. The molecular formula is C35H44F12N6O8S4+2. The number of nitrogens with zero attached hydrogens (tertiary/aromatic N) is 4. The molecule has 2 aromatic carbocycles. The third kappa shape index (κ3) is 18.4. The Morgan fingerprint density at radius 2 is 0.877 bits per heavy atom. The van der Waals surface area contributed by atoms with Crippen LogP contribution in [0.1, 0.15) is 63.8 Å². The zero-order valence-electron chi connectivity index (χ0n) is 35.0. The van der Waals surface area contributed by atoms with Crippen molar-refractivity contribution >= 4 is 46.3 Å². The van der Waals surface area contributed by atoms with Gasteiger partial charge in [-0.3, -0.25) is 0 Å². The number of rotatable bonds is 9. The Balaban J connectivity index is 0.000000435. The highest BCUT2D eigenvalue weighted by Crippen LogP contribution is 2.29. The number of nitrogens with one attached hydrogen (secondary N) is 2. The lowest BCUT2D eigenvalue weighted by Gasteiger charge is -2.18. The fourth-order valence-corrected chi connectivity index (χ4v) is 8.15. The van der Waals surface area contributed by atoms with Crippen LogP contribution in [0.4, 0.5) is 52.7 Å². The first-order chi connectivity index (χ1) is 28.8. The van der Waals surface area contributed by atoms with Crippen molar-refractivity contribution < 1.29 is 95.5 Å². The molecule has 0 aliphatic heterocycles. The summed E-state index contributed by atoms with van der Waals surface area (Å²) >= 11 is 0. The summed E-state index contributed by atoms with van der Waals surface area (Å²) in [6.07, 6.45) is 14.1. The normalized spacial score (nSPS) is 13.3. The minimum absolute atomic E-state index is 0.220. The van der Waals surface area contributed by atoms with Gasteiger partial charge in [-0.2, -0.15) is 52.7 Å². The Morgan fingerprint density at radius 1 is 0.538 bits per heavy atom. The molecular weight excluding hydrogens is 989 g/mol. The van der Waals surface area contributed by atoms with E-state index in [-0.39, 0.29) is 10.8 Å². The zero-order chi connectivity index (χ0) is 51.1. The van der Waals surface area contributed by atoms with E-state index < -0.39 is 70.4 Å². The maximum Gasteiger partial charge on any atom is 0.512 e. The van der Waals surface area contributed by atoms with Gasteiger partial charge in [0.1, 0.15) is 37.9 Å². The molecule has 30 heteroatoms. The Labute approximate surface area is 367 Å². The molecule has 0 fully saturated rings. The topological polar surface area (TPSA) is 178 Å². The molecule has 4 aromatic rings. The Kier molecular flexibility index (Phi) is 18.9. The molecule has 2 N–H and O–H groups in total. The number of benzene rings is 2. The Morgan fingerprint density at radius 3 is 1.14 bits per heavy atom. The lowest BCUT2D eigenvalue weighted by atomic mass is 9.87. The van der Waals surface area contributed by atoms with Gasteiger partial charge in [0.05, 0.1) is 13.2 Å². The maximum atomic E-state index is 11.5. The first kappa shape index (κ1) is 58.5. The van der Waals surface area contributed by atoms with Gasteiger partial charge in [-0.05, 0) is 33.1 Å². The van der Waals surface area contributed by atoms with Gasteiger partial charge in [-0.15, -0.1) is 0 Å². The van der Waals surface area contributed by atoms with Crippen LogP contribution in [-0.4, -0.2) is 64.8 Å². The predicted octanol–water partition coefficient (Wildman–Crippen LogP) is 6.43. The number of aryl methyl sites for hydroxylation is 1. The summed E-state index contributed by atoms with van der Waals surface area (Å²) in [5.41, 5.74) is -18.7. The first-order valence-corrected chi connectivity index (χ1v) is 23.5. The smallest absolute Gasteiger partial charge is 0.240 e. The minimum atomic E-state index is -6.60. The van der Waals surface area contributed by atoms with Crippen LogP contribution in [0.3, 0.4) is 0 Å². The third-order valence-corrected chi connectivity index (χ3v) is 13.7. The van der Waals surface area contributed by atoms with E-state index in [9.17, 15) is 86.4 Å². The highest BCUT2D eigenvalue weighted by Gasteiger charge is 2.56. The number of alkyl halides is 12. The summed E-state index contributed by atoms with van der Waals surface area (Å²) in [7, 11) is -24.3. The second kappa shape index (κ2) is 21.0. The van der Waals surface area contributed by atoms with Crippen molar-refractivity contribution in [2.24, 2.45) is 7.05 Å². The highest BCUT2D eigenvalue weighted by atomic mass is 32.3. The lowest BCUT2D eigenvalue weighted by molar-refractivity contribution is -0.687. The fraction of sp³-hybridized carbons (Fsp3) is 0.429. The summed E-state index contributed by atoms with van der Waals surface area (Å²) in [5, 5.41) is 0. The van der Waals surface area contributed by atoms with Gasteiger partial charge >= 0.3 is 62.1 Å². The molecule has 368 valence electrons. The molecule has 0 saturated heterocycles. The van der Waals surface area contributed by atoms with Crippen molar-refractivity contribution in [1.29, 1.82) is 0 Å². The summed E-state index contributed by atoms with van der Waals surface area (Å²) in [4.78, 5) is 0. The van der Waals surface area contributed by atoms with Crippen LogP contribution in [0, 0.1) is 0 Å². The minimum Gasteiger partial charge on any atom is -0.240 e. The van der Waals surface area contributed by atoms with Crippen LogP contribution in [0.25, 0.3) is 6.20 Å². The molecule has 0 atom stereocenters. The van der Waals surface area contributed by atoms with Crippen molar-refractivity contribution in [3.05, 3.63) is 115 Å². The van der Waals surface area contributed by atoms with Gasteiger partial charge < -0.3 is 0 Å². The van der Waals surface area contributed by atoms with Crippen molar-refractivity contribution in [2.45, 2.75) is 87.5 Å². The van der Waals surface area contributed by atoms with E-state index in [0.29, 0.717) is 0 Å². The predicted molar refractivity (Wildman–Crippen MR) is 211 cm³/mol. The van der Waals surface area contributed by atoms with E-state index in [1.807, 2.05) is 24.1 Å². The lowest BCUT2D eigenvalue weighted by Crippen LogP contribution is -2.45. The summed E-state index contributed by atoms with van der Waals surface area (Å²) in [6, 6.07) is 17.8. The van der Waals surface area contributed by atoms with Crippen molar-refractivity contribution in [3.8, 4) is 0 Å². The first-order valence-electron chi connectivity index (χ1n) is 17.6. The summed E-state index contributed by atoms with van der Waals surface area (Å²) < 4.78 is 225. The van der Waals surface area contributed by atoms with E-state index in [1.165, 1.54) is 22.3 Å². The number of halogens is 12. The van der Waals surface area contributed by atoms with Crippen LogP contribution in [0.2, 0.25) is 0 Å². The standard InChI is InChI=1S/C16H21N2.C15H21N2.2C2HF6NO4S2/c1-5-17-10-11-18(13-17)12-14-6-8-15(9-7-14)16(2,3)4;1-15(2,3)14-7-5-13(6-8-14)11-17-10-9-16(4)12-17;2*3-1(4,5)14(10,11)9-15(12,13)2(6,7)8/h5-11,13H,1,12H2,2-4H3;5-10,12H,11H2,1-4H3;2*9H/q2*+1;;. The number of hydrogen-bond acceptors (Lipinski definition) is 8. The van der Waals surface area contributed by atoms with E-state index in [2.05, 4.69) is 135 Å². The molecule has 65 heavy (non-hydrogen) atoms. The van der Waals surface area contributed by atoms with Crippen LogP contribution >= 0.6 is 0 Å². The molecule has 0 amide bonds. The van der Waals surface area contributed by atoms with E-state index in [4.69, 9.17) is 0 Å². The largest absolute Gasteiger partial charge is 0.512 e. The van der Waals surface area contributed by atoms with Gasteiger partial charge in [0.2, 0.25) is 12.7 Å². The van der Waals surface area contributed by atoms with Crippen LogP contribution in [0.15, 0.2) is 92.6 Å². The van der Waals surface area contributed by atoms with Gasteiger partial charge in [-0.25, -0.2) is 51.9 Å². The SMILES string of the molecule is C=Cn1cc[n+](Cc2ccc(C(C)(C)C)cc2)c1.C[n+]1ccn(Cc2ccc(C(C)(C)C)cc2)c1.O=S(=O)(NS(=O)(=O)C(F)(F)F)C(F)(F)F.O=S(=O)(NS(=O)(=O)C(F)(F)F)C(F)(F)F. The molecule has 0 spiro atoms. The molecule has 2 aromatic heterocycles.